The average molecular weight is 298 g/mol. The molecule has 2 aromatic rings. The van der Waals surface area contributed by atoms with E-state index in [1.807, 2.05) is 30.3 Å². The number of amides is 2. The van der Waals surface area contributed by atoms with Crippen molar-refractivity contribution in [3.63, 3.8) is 0 Å². The van der Waals surface area contributed by atoms with Crippen molar-refractivity contribution in [3.8, 4) is 5.75 Å². The van der Waals surface area contributed by atoms with Crippen LogP contribution in [0.1, 0.15) is 12.5 Å². The number of anilines is 1. The average Bonchev–Trinajstić information content (AvgIpc) is 2.48. The van der Waals surface area contributed by atoms with Gasteiger partial charge in [-0.15, -0.1) is 0 Å². The van der Waals surface area contributed by atoms with Gasteiger partial charge in [0.2, 0.25) is 0 Å². The van der Waals surface area contributed by atoms with Crippen molar-refractivity contribution in [1.29, 1.82) is 0 Å². The Morgan fingerprint density at radius 3 is 2.55 bits per heavy atom. The van der Waals surface area contributed by atoms with Crippen LogP contribution in [0.4, 0.5) is 10.5 Å². The summed E-state index contributed by atoms with van der Waals surface area (Å²) in [5.74, 6) is -0.000881. The number of hydrogen-bond acceptors (Lipinski definition) is 3. The Morgan fingerprint density at radius 2 is 1.82 bits per heavy atom. The second-order valence-corrected chi connectivity index (χ2v) is 4.74. The van der Waals surface area contributed by atoms with Crippen molar-refractivity contribution in [1.82, 2.24) is 5.32 Å². The third kappa shape index (κ3) is 5.28. The quantitative estimate of drug-likeness (QED) is 0.658. The second kappa shape index (κ2) is 7.83. The van der Waals surface area contributed by atoms with E-state index in [2.05, 4.69) is 10.6 Å². The molecule has 0 radical (unpaired) electrons. The van der Waals surface area contributed by atoms with Crippen molar-refractivity contribution < 1.29 is 14.3 Å². The molecule has 2 rings (SSSR count). The predicted octanol–water partition coefficient (Wildman–Crippen LogP) is 2.98. The van der Waals surface area contributed by atoms with Crippen molar-refractivity contribution >= 4 is 17.7 Å². The van der Waals surface area contributed by atoms with Crippen LogP contribution in [0, 0.1) is 0 Å². The highest BCUT2D eigenvalue weighted by molar-refractivity contribution is 5.89. The van der Waals surface area contributed by atoms with Gasteiger partial charge in [-0.25, -0.2) is 4.79 Å². The van der Waals surface area contributed by atoms with Gasteiger partial charge in [-0.3, -0.25) is 4.79 Å². The SMILES string of the molecule is CC(=O)Oc1cccc(NC(=O)NCCc2ccccc2)c1. The zero-order chi connectivity index (χ0) is 15.8. The van der Waals surface area contributed by atoms with Crippen molar-refractivity contribution in [2.75, 3.05) is 11.9 Å². The summed E-state index contributed by atoms with van der Waals surface area (Å²) < 4.78 is 4.96. The Labute approximate surface area is 129 Å². The van der Waals surface area contributed by atoms with E-state index in [-0.39, 0.29) is 6.03 Å². The molecule has 0 aliphatic carbocycles. The summed E-state index contributed by atoms with van der Waals surface area (Å²) in [5, 5.41) is 5.48. The molecule has 0 spiro atoms. The Bertz CT molecular complexity index is 641. The maximum atomic E-state index is 11.8. The number of esters is 1. The number of urea groups is 1. The van der Waals surface area contributed by atoms with Crippen LogP contribution >= 0.6 is 0 Å². The molecule has 0 fully saturated rings. The number of hydrogen-bond donors (Lipinski definition) is 2. The molecule has 22 heavy (non-hydrogen) atoms. The third-order valence-corrected chi connectivity index (χ3v) is 2.90. The van der Waals surface area contributed by atoms with Crippen LogP contribution in [0.3, 0.4) is 0 Å². The van der Waals surface area contributed by atoms with Gasteiger partial charge in [0.25, 0.3) is 0 Å². The molecule has 5 nitrogen and oxygen atoms in total. The molecule has 0 atom stereocenters. The van der Waals surface area contributed by atoms with Crippen LogP contribution in [0.25, 0.3) is 0 Å². The molecular formula is C17H18N2O3. The fourth-order valence-electron chi connectivity index (χ4n) is 1.94. The minimum Gasteiger partial charge on any atom is -0.427 e. The maximum Gasteiger partial charge on any atom is 0.319 e. The first-order valence-corrected chi connectivity index (χ1v) is 7.01. The standard InChI is InChI=1S/C17H18N2O3/c1-13(20)22-16-9-5-8-15(12-16)19-17(21)18-11-10-14-6-3-2-4-7-14/h2-9,12H,10-11H2,1H3,(H2,18,19,21). The molecule has 0 bridgehead atoms. The fourth-order valence-corrected chi connectivity index (χ4v) is 1.94. The molecular weight excluding hydrogens is 280 g/mol. The van der Waals surface area contributed by atoms with Crippen LogP contribution in [-0.2, 0) is 11.2 Å². The minimum absolute atomic E-state index is 0.295. The van der Waals surface area contributed by atoms with Gasteiger partial charge < -0.3 is 15.4 Å². The van der Waals surface area contributed by atoms with Gasteiger partial charge in [-0.05, 0) is 24.1 Å². The van der Waals surface area contributed by atoms with Crippen molar-refractivity contribution in [2.45, 2.75) is 13.3 Å². The lowest BCUT2D eigenvalue weighted by molar-refractivity contribution is -0.131. The lowest BCUT2D eigenvalue weighted by atomic mass is 10.1. The zero-order valence-electron chi connectivity index (χ0n) is 12.3. The lowest BCUT2D eigenvalue weighted by Crippen LogP contribution is -2.30. The first kappa shape index (κ1) is 15.6. The van der Waals surface area contributed by atoms with Crippen LogP contribution in [0.5, 0.6) is 5.75 Å². The smallest absolute Gasteiger partial charge is 0.319 e. The van der Waals surface area contributed by atoms with Crippen LogP contribution < -0.4 is 15.4 Å². The molecule has 0 aliphatic heterocycles. The summed E-state index contributed by atoms with van der Waals surface area (Å²) in [6.07, 6.45) is 0.766. The normalized spacial score (nSPS) is 9.86. The third-order valence-electron chi connectivity index (χ3n) is 2.90. The fraction of sp³-hybridized carbons (Fsp3) is 0.176. The molecule has 0 saturated heterocycles. The van der Waals surface area contributed by atoms with E-state index in [1.165, 1.54) is 12.5 Å². The highest BCUT2D eigenvalue weighted by Crippen LogP contribution is 2.17. The molecule has 0 unspecified atom stereocenters. The minimum atomic E-state index is -0.399. The first-order valence-electron chi connectivity index (χ1n) is 7.01. The highest BCUT2D eigenvalue weighted by Gasteiger charge is 2.04. The van der Waals surface area contributed by atoms with E-state index < -0.39 is 5.97 Å². The van der Waals surface area contributed by atoms with E-state index in [1.54, 1.807) is 24.3 Å². The molecule has 2 N–H and O–H groups in total. The predicted molar refractivity (Wildman–Crippen MR) is 84.9 cm³/mol. The Hall–Kier alpha value is -2.82. The molecule has 2 aromatic carbocycles. The summed E-state index contributed by atoms with van der Waals surface area (Å²) in [7, 11) is 0. The molecule has 5 heteroatoms. The maximum absolute atomic E-state index is 11.8. The number of carbonyl (C=O) groups is 2. The van der Waals surface area contributed by atoms with Gasteiger partial charge in [-0.1, -0.05) is 36.4 Å². The Morgan fingerprint density at radius 1 is 1.05 bits per heavy atom. The number of benzene rings is 2. The summed E-state index contributed by atoms with van der Waals surface area (Å²) >= 11 is 0. The van der Waals surface area contributed by atoms with Crippen molar-refractivity contribution in [2.24, 2.45) is 0 Å². The molecule has 0 aromatic heterocycles. The molecule has 0 aliphatic rings. The van der Waals surface area contributed by atoms with Crippen LogP contribution in [0.15, 0.2) is 54.6 Å². The summed E-state index contributed by atoms with van der Waals surface area (Å²) in [5.41, 5.74) is 1.73. The Balaban J connectivity index is 1.80. The van der Waals surface area contributed by atoms with Gasteiger partial charge in [0, 0.05) is 25.2 Å². The zero-order valence-corrected chi connectivity index (χ0v) is 12.3. The molecule has 0 heterocycles. The van der Waals surface area contributed by atoms with E-state index >= 15 is 0 Å². The Kier molecular flexibility index (Phi) is 5.54. The van der Waals surface area contributed by atoms with Crippen LogP contribution in [0.2, 0.25) is 0 Å². The largest absolute Gasteiger partial charge is 0.427 e. The number of rotatable bonds is 5. The first-order chi connectivity index (χ1) is 10.6. The van der Waals surface area contributed by atoms with Crippen molar-refractivity contribution in [3.05, 3.63) is 60.2 Å². The van der Waals surface area contributed by atoms with Crippen LogP contribution in [-0.4, -0.2) is 18.5 Å². The highest BCUT2D eigenvalue weighted by atomic mass is 16.5. The van der Waals surface area contributed by atoms with Gasteiger partial charge in [0.1, 0.15) is 5.75 Å². The van der Waals surface area contributed by atoms with Gasteiger partial charge in [0.05, 0.1) is 0 Å². The molecule has 0 saturated carbocycles. The number of nitrogens with one attached hydrogen (secondary N) is 2. The van der Waals surface area contributed by atoms with E-state index in [0.717, 1.165) is 6.42 Å². The van der Waals surface area contributed by atoms with E-state index in [9.17, 15) is 9.59 Å². The van der Waals surface area contributed by atoms with Gasteiger partial charge >= 0.3 is 12.0 Å². The summed E-state index contributed by atoms with van der Waals surface area (Å²) in [6.45, 7) is 1.87. The number of ether oxygens (including phenoxy) is 1. The van der Waals surface area contributed by atoms with E-state index in [4.69, 9.17) is 4.74 Å². The summed E-state index contributed by atoms with van der Waals surface area (Å²) in [4.78, 5) is 22.7. The number of carbonyl (C=O) groups excluding carboxylic acids is 2. The van der Waals surface area contributed by atoms with E-state index in [0.29, 0.717) is 18.0 Å². The molecule has 114 valence electrons. The lowest BCUT2D eigenvalue weighted by Gasteiger charge is -2.09. The summed E-state index contributed by atoms with van der Waals surface area (Å²) in [6, 6.07) is 16.3. The van der Waals surface area contributed by atoms with Gasteiger partial charge in [0.15, 0.2) is 0 Å². The topological polar surface area (TPSA) is 67.4 Å². The monoisotopic (exact) mass is 298 g/mol. The molecule has 2 amide bonds. The second-order valence-electron chi connectivity index (χ2n) is 4.74. The van der Waals surface area contributed by atoms with Gasteiger partial charge in [-0.2, -0.15) is 0 Å².